The predicted molar refractivity (Wildman–Crippen MR) is 116 cm³/mol. The zero-order valence-corrected chi connectivity index (χ0v) is 17.4. The highest BCUT2D eigenvalue weighted by Crippen LogP contribution is 2.26. The second kappa shape index (κ2) is 9.87. The van der Waals surface area contributed by atoms with E-state index in [9.17, 15) is 4.79 Å². The normalized spacial score (nSPS) is 10.6. The van der Waals surface area contributed by atoms with E-state index in [1.165, 1.54) is 5.56 Å². The fraction of sp³-hybridized carbons (Fsp3) is 0.280. The minimum Gasteiger partial charge on any atom is -0.488 e. The molecule has 0 saturated carbocycles. The molecule has 0 aliphatic heterocycles. The molecule has 0 N–H and O–H groups in total. The van der Waals surface area contributed by atoms with E-state index < -0.39 is 0 Å². The van der Waals surface area contributed by atoms with Gasteiger partial charge in [-0.3, -0.25) is 9.78 Å². The summed E-state index contributed by atoms with van der Waals surface area (Å²) in [7, 11) is 1.87. The van der Waals surface area contributed by atoms with E-state index in [0.29, 0.717) is 12.2 Å². The lowest BCUT2D eigenvalue weighted by atomic mass is 10.0. The van der Waals surface area contributed by atoms with Gasteiger partial charge in [0.2, 0.25) is 0 Å². The van der Waals surface area contributed by atoms with Gasteiger partial charge in [-0.25, -0.2) is 0 Å². The Kier molecular flexibility index (Phi) is 7.01. The minimum atomic E-state index is 0.0445. The Balaban J connectivity index is 1.60. The van der Waals surface area contributed by atoms with E-state index >= 15 is 0 Å². The third kappa shape index (κ3) is 5.67. The summed E-state index contributed by atoms with van der Waals surface area (Å²) in [5.41, 5.74) is 4.96. The van der Waals surface area contributed by atoms with Gasteiger partial charge in [0.15, 0.2) is 0 Å². The topological polar surface area (TPSA) is 42.4 Å². The average molecular weight is 389 g/mol. The molecule has 0 fully saturated rings. The van der Waals surface area contributed by atoms with E-state index in [-0.39, 0.29) is 5.91 Å². The summed E-state index contributed by atoms with van der Waals surface area (Å²) < 4.78 is 6.00. The van der Waals surface area contributed by atoms with Gasteiger partial charge in [-0.15, -0.1) is 0 Å². The lowest BCUT2D eigenvalue weighted by Crippen LogP contribution is -2.28. The van der Waals surface area contributed by atoms with Crippen molar-refractivity contribution in [3.63, 3.8) is 0 Å². The number of hydrogen-bond acceptors (Lipinski definition) is 3. The summed E-state index contributed by atoms with van der Waals surface area (Å²) in [5, 5.41) is 0. The van der Waals surface area contributed by atoms with Crippen molar-refractivity contribution in [3.05, 3.63) is 94.8 Å². The molecule has 1 heterocycles. The number of carbonyl (C=O) groups excluding carboxylic acids is 1. The summed E-state index contributed by atoms with van der Waals surface area (Å²) in [6.45, 7) is 5.16. The molecule has 0 radical (unpaired) electrons. The molecule has 0 bridgehead atoms. The highest BCUT2D eigenvalue weighted by atomic mass is 16.5. The number of pyridine rings is 1. The molecule has 0 aliphatic rings. The molecule has 4 heteroatoms. The summed E-state index contributed by atoms with van der Waals surface area (Å²) in [6, 6.07) is 18.1. The minimum absolute atomic E-state index is 0.0445. The molecule has 0 spiro atoms. The number of amides is 1. The number of aromatic nitrogens is 1. The second-order valence-electron chi connectivity index (χ2n) is 7.40. The zero-order chi connectivity index (χ0) is 20.6. The largest absolute Gasteiger partial charge is 0.488 e. The Hall–Kier alpha value is -3.14. The SMILES string of the molecule is Cc1cc(C(=O)N(C)CCCc2ccccc2)cc(C)c1OCc1cccnc1. The highest BCUT2D eigenvalue weighted by molar-refractivity contribution is 5.94. The molecule has 1 amide bonds. The predicted octanol–water partition coefficient (Wildman–Crippen LogP) is 4.98. The molecule has 1 aromatic heterocycles. The molecule has 0 saturated heterocycles. The Morgan fingerprint density at radius 3 is 2.34 bits per heavy atom. The van der Waals surface area contributed by atoms with E-state index in [2.05, 4.69) is 17.1 Å². The van der Waals surface area contributed by atoms with Gasteiger partial charge >= 0.3 is 0 Å². The quantitative estimate of drug-likeness (QED) is 0.546. The first kappa shape index (κ1) is 20.6. The van der Waals surface area contributed by atoms with Crippen LogP contribution in [-0.4, -0.2) is 29.4 Å². The highest BCUT2D eigenvalue weighted by Gasteiger charge is 2.15. The van der Waals surface area contributed by atoms with Crippen LogP contribution in [0, 0.1) is 13.8 Å². The number of rotatable bonds is 8. The average Bonchev–Trinajstić information content (AvgIpc) is 2.74. The second-order valence-corrected chi connectivity index (χ2v) is 7.40. The standard InChI is InChI=1S/C25H28N2O2/c1-19-15-23(16-20(2)24(19)29-18-22-11-7-13-26-17-22)25(28)27(3)14-8-12-21-9-5-4-6-10-21/h4-7,9-11,13,15-17H,8,12,14,18H2,1-3H3. The van der Waals surface area contributed by atoms with Crippen molar-refractivity contribution >= 4 is 5.91 Å². The molecular weight excluding hydrogens is 360 g/mol. The van der Waals surface area contributed by atoms with Crippen molar-refractivity contribution in [2.24, 2.45) is 0 Å². The summed E-state index contributed by atoms with van der Waals surface area (Å²) in [5.74, 6) is 0.875. The first-order valence-electron chi connectivity index (χ1n) is 9.97. The van der Waals surface area contributed by atoms with E-state index in [0.717, 1.165) is 41.8 Å². The number of ether oxygens (including phenoxy) is 1. The molecular formula is C25H28N2O2. The summed E-state index contributed by atoms with van der Waals surface area (Å²) in [4.78, 5) is 18.8. The number of hydrogen-bond donors (Lipinski definition) is 0. The van der Waals surface area contributed by atoms with Crippen LogP contribution in [0.4, 0.5) is 0 Å². The number of benzene rings is 2. The van der Waals surface area contributed by atoms with E-state index in [1.807, 2.05) is 63.4 Å². The molecule has 3 aromatic rings. The van der Waals surface area contributed by atoms with Gasteiger partial charge in [-0.1, -0.05) is 36.4 Å². The van der Waals surface area contributed by atoms with E-state index in [4.69, 9.17) is 4.74 Å². The molecule has 3 rings (SSSR count). The molecule has 2 aromatic carbocycles. The van der Waals surface area contributed by atoms with Crippen molar-refractivity contribution < 1.29 is 9.53 Å². The maximum Gasteiger partial charge on any atom is 0.253 e. The molecule has 4 nitrogen and oxygen atoms in total. The lowest BCUT2D eigenvalue weighted by molar-refractivity contribution is 0.0793. The van der Waals surface area contributed by atoms with Crippen LogP contribution in [0.5, 0.6) is 5.75 Å². The monoisotopic (exact) mass is 388 g/mol. The van der Waals surface area contributed by atoms with Gasteiger partial charge in [-0.05, 0) is 61.6 Å². The van der Waals surface area contributed by atoms with Crippen LogP contribution in [-0.2, 0) is 13.0 Å². The number of nitrogens with zero attached hydrogens (tertiary/aromatic N) is 2. The molecule has 0 aliphatic carbocycles. The Morgan fingerprint density at radius 1 is 1.00 bits per heavy atom. The van der Waals surface area contributed by atoms with Crippen molar-refractivity contribution in [3.8, 4) is 5.75 Å². The first-order chi connectivity index (χ1) is 14.0. The first-order valence-corrected chi connectivity index (χ1v) is 9.97. The Labute approximate surface area is 173 Å². The Bertz CT molecular complexity index is 917. The zero-order valence-electron chi connectivity index (χ0n) is 17.4. The number of aryl methyl sites for hydroxylation is 3. The van der Waals surface area contributed by atoms with E-state index in [1.54, 1.807) is 17.3 Å². The van der Waals surface area contributed by atoms with Gasteiger partial charge in [-0.2, -0.15) is 0 Å². The summed E-state index contributed by atoms with van der Waals surface area (Å²) in [6.07, 6.45) is 5.46. The van der Waals surface area contributed by atoms with Crippen molar-refractivity contribution in [2.75, 3.05) is 13.6 Å². The lowest BCUT2D eigenvalue weighted by Gasteiger charge is -2.19. The van der Waals surface area contributed by atoms with Gasteiger partial charge in [0.05, 0.1) is 0 Å². The molecule has 0 atom stereocenters. The van der Waals surface area contributed by atoms with Gasteiger partial charge in [0, 0.05) is 37.1 Å². The van der Waals surface area contributed by atoms with Gasteiger partial charge in [0.25, 0.3) is 5.91 Å². The van der Waals surface area contributed by atoms with Gasteiger partial charge in [0.1, 0.15) is 12.4 Å². The maximum absolute atomic E-state index is 12.9. The Morgan fingerprint density at radius 2 is 1.69 bits per heavy atom. The molecule has 29 heavy (non-hydrogen) atoms. The van der Waals surface area contributed by atoms with Crippen molar-refractivity contribution in [1.82, 2.24) is 9.88 Å². The summed E-state index contributed by atoms with van der Waals surface area (Å²) >= 11 is 0. The van der Waals surface area contributed by atoms with Crippen LogP contribution in [0.3, 0.4) is 0 Å². The fourth-order valence-corrected chi connectivity index (χ4v) is 3.43. The van der Waals surface area contributed by atoms with Gasteiger partial charge < -0.3 is 9.64 Å². The third-order valence-corrected chi connectivity index (χ3v) is 4.96. The number of carbonyl (C=O) groups is 1. The van der Waals surface area contributed by atoms with Crippen LogP contribution in [0.1, 0.15) is 39.0 Å². The van der Waals surface area contributed by atoms with Crippen molar-refractivity contribution in [2.45, 2.75) is 33.3 Å². The smallest absolute Gasteiger partial charge is 0.253 e. The van der Waals surface area contributed by atoms with Crippen LogP contribution in [0.2, 0.25) is 0 Å². The fourth-order valence-electron chi connectivity index (χ4n) is 3.43. The third-order valence-electron chi connectivity index (χ3n) is 4.96. The van der Waals surface area contributed by atoms with Crippen LogP contribution >= 0.6 is 0 Å². The van der Waals surface area contributed by atoms with Crippen molar-refractivity contribution in [1.29, 1.82) is 0 Å². The maximum atomic E-state index is 12.9. The van der Waals surface area contributed by atoms with Crippen LogP contribution in [0.15, 0.2) is 67.0 Å². The van der Waals surface area contributed by atoms with Crippen LogP contribution < -0.4 is 4.74 Å². The molecule has 0 unspecified atom stereocenters. The van der Waals surface area contributed by atoms with Crippen LogP contribution in [0.25, 0.3) is 0 Å². The molecule has 150 valence electrons.